The van der Waals surface area contributed by atoms with Crippen LogP contribution in [0.4, 0.5) is 16.5 Å². The molecule has 3 fully saturated rings. The van der Waals surface area contributed by atoms with Gasteiger partial charge in [-0.05, 0) is 157 Å². The molecule has 502 valence electrons. The van der Waals surface area contributed by atoms with Crippen LogP contribution in [-0.2, 0) is 62.5 Å². The standard InChI is InChI=1S/C67H95N5O17S2/c1-37-29-38(2)31-54(86-12)59-55(87-13)33-40(4)67(81,89-59)61(77)62(78)72-28-15-14-18-48(72)63(79)88-58(39(3)32-43-20-26-49(73)53(34-43)85-11)41(5)50(74)36-51(75)44(30-37)17-16-19-57(76)69-46-22-24-47(25-23-46)71-91(82,83)56-35-45(21-27-52(56)84-10)60-42(6)68-65(90-60)70-64(80)66(7,8)9/h21-25,27,30,32,35,38,40-41,43-44,48-50,53-55,58-59,71,73-74,81H,14-20,26,28-29,31,33-34,36H2,1-13H3,(H,69,76)(H,68,70,80)/b37-30+,39-32+/t38-,40+,41+,43-,44+,48-,49+,50-,53+,54-,55-,58+,59+,67+/m0/s1. The zero-order chi connectivity index (χ0) is 66.9. The number of nitrogens with one attached hydrogen (secondary N) is 3. The number of anilines is 3. The van der Waals surface area contributed by atoms with E-state index in [9.17, 15) is 52.5 Å². The van der Waals surface area contributed by atoms with E-state index in [-0.39, 0.29) is 90.8 Å². The lowest BCUT2D eigenvalue weighted by Gasteiger charge is -2.47. The highest BCUT2D eigenvalue weighted by atomic mass is 32.2. The SMILES string of the molecule is COc1ccc(-c2sc(NC(=O)C(C)(C)C)nc2C)cc1S(=O)(=O)Nc1ccc(NC(=O)CCC[C@@H]2/C=C(\C)C[C@H](C)C[C@H](OC)[C@H]3O[C@@](O)(C(=O)C(=O)N4CCCC[C@H]4C(=O)O[C@H](/C(C)=C/[C@@H]4CC[C@@H](O)[C@H](OC)C4)[C@H](C)[C@@H](O)CC2=O)[C@H](C)C[C@@H]3OC)cc1. The molecule has 1 saturated carbocycles. The fourth-order valence-corrected chi connectivity index (χ4v) is 15.1. The summed E-state index contributed by atoms with van der Waals surface area (Å²) in [6.07, 6.45) is 1.64. The van der Waals surface area contributed by atoms with E-state index in [1.54, 1.807) is 72.7 Å². The van der Waals surface area contributed by atoms with Gasteiger partial charge in [-0.25, -0.2) is 18.2 Å². The number of rotatable bonds is 16. The van der Waals surface area contributed by atoms with E-state index >= 15 is 0 Å². The Bertz CT molecular complexity index is 3250. The number of aliphatic hydroxyl groups excluding tert-OH is 2. The quantitative estimate of drug-likeness (QED) is 0.0442. The smallest absolute Gasteiger partial charge is 0.329 e. The number of hydrogen-bond donors (Lipinski definition) is 6. The van der Waals surface area contributed by atoms with Crippen molar-refractivity contribution in [1.29, 1.82) is 0 Å². The van der Waals surface area contributed by atoms with Crippen molar-refractivity contribution in [2.24, 2.45) is 35.0 Å². The number of sulfonamides is 1. The van der Waals surface area contributed by atoms with Crippen molar-refractivity contribution in [2.75, 3.05) is 50.3 Å². The number of ketones is 2. The molecule has 3 aliphatic heterocycles. The molecule has 2 aromatic carbocycles. The first-order valence-corrected chi connectivity index (χ1v) is 33.9. The molecule has 3 amide bonds. The van der Waals surface area contributed by atoms with Crippen LogP contribution in [-0.4, -0.2) is 158 Å². The van der Waals surface area contributed by atoms with Gasteiger partial charge >= 0.3 is 5.97 Å². The minimum atomic E-state index is -4.25. The number of nitrogens with zero attached hydrogens (tertiary/aromatic N) is 2. The number of esters is 1. The van der Waals surface area contributed by atoms with Crippen molar-refractivity contribution in [1.82, 2.24) is 9.88 Å². The summed E-state index contributed by atoms with van der Waals surface area (Å²) >= 11 is 1.22. The zero-order valence-electron chi connectivity index (χ0n) is 54.9. The van der Waals surface area contributed by atoms with Crippen LogP contribution < -0.4 is 20.1 Å². The lowest BCUT2D eigenvalue weighted by Crippen LogP contribution is -2.64. The Morgan fingerprint density at radius 3 is 2.19 bits per heavy atom. The van der Waals surface area contributed by atoms with Crippen LogP contribution in [0, 0.1) is 41.9 Å². The molecule has 7 rings (SSSR count). The molecule has 6 N–H and O–H groups in total. The maximum Gasteiger partial charge on any atom is 0.329 e. The molecular formula is C67H95N5O17S2. The minimum Gasteiger partial charge on any atom is -0.495 e. The molecule has 4 aliphatic rings. The van der Waals surface area contributed by atoms with Crippen LogP contribution in [0.3, 0.4) is 0 Å². The van der Waals surface area contributed by atoms with E-state index in [0.29, 0.717) is 77.5 Å². The molecule has 3 aromatic rings. The average molecular weight is 1310 g/mol. The van der Waals surface area contributed by atoms with Crippen LogP contribution in [0.2, 0.25) is 0 Å². The van der Waals surface area contributed by atoms with Gasteiger partial charge in [0.15, 0.2) is 5.13 Å². The number of piperidine rings is 1. The van der Waals surface area contributed by atoms with Crippen molar-refractivity contribution >= 4 is 73.1 Å². The monoisotopic (exact) mass is 1310 g/mol. The van der Waals surface area contributed by atoms with Crippen molar-refractivity contribution in [2.45, 2.75) is 205 Å². The second-order valence-corrected chi connectivity index (χ2v) is 29.0. The molecule has 0 spiro atoms. The van der Waals surface area contributed by atoms with E-state index < -0.39 is 105 Å². The molecule has 4 heterocycles. The molecule has 91 heavy (non-hydrogen) atoms. The van der Waals surface area contributed by atoms with Crippen molar-refractivity contribution in [3.05, 3.63) is 71.5 Å². The Hall–Kier alpha value is -5.96. The van der Waals surface area contributed by atoms with Gasteiger partial charge in [0.05, 0.1) is 48.2 Å². The summed E-state index contributed by atoms with van der Waals surface area (Å²) in [5.41, 5.74) is 2.49. The van der Waals surface area contributed by atoms with Gasteiger partial charge in [0.2, 0.25) is 17.6 Å². The molecule has 24 heteroatoms. The number of ether oxygens (including phenoxy) is 6. The Morgan fingerprint density at radius 2 is 1.53 bits per heavy atom. The zero-order valence-corrected chi connectivity index (χ0v) is 56.5. The summed E-state index contributed by atoms with van der Waals surface area (Å²) < 4.78 is 66.3. The predicted molar refractivity (Wildman–Crippen MR) is 344 cm³/mol. The third-order valence-electron chi connectivity index (χ3n) is 18.2. The summed E-state index contributed by atoms with van der Waals surface area (Å²) in [5, 5.41) is 41.1. The number of fused-ring (bicyclic) bond motifs is 3. The van der Waals surface area contributed by atoms with Crippen molar-refractivity contribution in [3.63, 3.8) is 0 Å². The number of benzene rings is 2. The van der Waals surface area contributed by atoms with Gasteiger partial charge in [-0.1, -0.05) is 70.6 Å². The van der Waals surface area contributed by atoms with Crippen molar-refractivity contribution < 1.29 is 80.9 Å². The van der Waals surface area contributed by atoms with Crippen LogP contribution in [0.15, 0.2) is 70.7 Å². The predicted octanol–water partition coefficient (Wildman–Crippen LogP) is 9.10. The second kappa shape index (κ2) is 31.3. The molecule has 1 aromatic heterocycles. The number of cyclic esters (lactones) is 1. The topological polar surface area (TPSA) is 305 Å². The minimum absolute atomic E-state index is 0.00387. The number of hydrogen-bond acceptors (Lipinski definition) is 19. The fraction of sp³-hybridized carbons (Fsp3) is 0.627. The van der Waals surface area contributed by atoms with E-state index in [4.69, 9.17) is 28.4 Å². The molecule has 0 radical (unpaired) electrons. The first-order valence-electron chi connectivity index (χ1n) is 31.6. The van der Waals surface area contributed by atoms with E-state index in [2.05, 4.69) is 20.3 Å². The van der Waals surface area contributed by atoms with Crippen LogP contribution in [0.5, 0.6) is 5.75 Å². The number of allylic oxidation sites excluding steroid dienone is 3. The van der Waals surface area contributed by atoms with Gasteiger partial charge in [0.1, 0.15) is 34.7 Å². The van der Waals surface area contributed by atoms with Crippen LogP contribution in [0.1, 0.15) is 145 Å². The van der Waals surface area contributed by atoms with Gasteiger partial charge < -0.3 is 59.3 Å². The van der Waals surface area contributed by atoms with Gasteiger partial charge in [-0.2, -0.15) is 0 Å². The number of aryl methyl sites for hydroxylation is 1. The Balaban J connectivity index is 1.10. The molecule has 2 saturated heterocycles. The number of carbonyl (C=O) groups is 6. The van der Waals surface area contributed by atoms with Crippen LogP contribution >= 0.6 is 11.3 Å². The lowest BCUT2D eigenvalue weighted by atomic mass is 9.81. The number of aromatic nitrogens is 1. The third kappa shape index (κ3) is 18.0. The van der Waals surface area contributed by atoms with E-state index in [0.717, 1.165) is 10.5 Å². The van der Waals surface area contributed by atoms with Gasteiger partial charge in [0, 0.05) is 75.3 Å². The number of thiazole rings is 1. The molecule has 1 aliphatic carbocycles. The Labute approximate surface area is 539 Å². The average Bonchev–Trinajstić information content (AvgIpc) is 0.930. The highest BCUT2D eigenvalue weighted by Gasteiger charge is 2.57. The number of Topliss-reactive ketones (excluding diaryl/α,β-unsaturated/α-hetero) is 2. The first-order chi connectivity index (χ1) is 42.9. The Kier molecular flexibility index (Phi) is 24.9. The molecule has 22 nitrogen and oxygen atoms in total. The summed E-state index contributed by atoms with van der Waals surface area (Å²) in [5.74, 6) is -9.32. The third-order valence-corrected chi connectivity index (χ3v) is 20.7. The first kappa shape index (κ1) is 72.5. The number of amides is 3. The van der Waals surface area contributed by atoms with Gasteiger partial charge in [-0.15, -0.1) is 0 Å². The molecular weight excluding hydrogens is 1210 g/mol. The summed E-state index contributed by atoms with van der Waals surface area (Å²) in [6, 6.07) is 9.64. The van der Waals surface area contributed by atoms with E-state index in [1.165, 1.54) is 58.0 Å². The largest absolute Gasteiger partial charge is 0.495 e. The normalized spacial score (nSPS) is 30.2. The van der Waals surface area contributed by atoms with E-state index in [1.807, 2.05) is 26.0 Å². The van der Waals surface area contributed by atoms with Crippen LogP contribution in [0.25, 0.3) is 10.4 Å². The Morgan fingerprint density at radius 1 is 0.857 bits per heavy atom. The summed E-state index contributed by atoms with van der Waals surface area (Å²) in [7, 11) is 1.64. The van der Waals surface area contributed by atoms with Gasteiger partial charge in [0.25, 0.3) is 21.7 Å². The fourth-order valence-electron chi connectivity index (χ4n) is 12.9. The molecule has 0 unspecified atom stereocenters. The molecule has 14 atom stereocenters. The molecule has 2 bridgehead atoms. The van der Waals surface area contributed by atoms with Gasteiger partial charge in [-0.3, -0.25) is 28.7 Å². The lowest BCUT2D eigenvalue weighted by molar-refractivity contribution is -0.302. The number of aliphatic hydroxyl groups is 3. The second-order valence-electron chi connectivity index (χ2n) is 26.4. The number of methoxy groups -OCH3 is 4. The maximum atomic E-state index is 14.8. The summed E-state index contributed by atoms with van der Waals surface area (Å²) in [6.45, 7) is 16.1. The highest BCUT2D eigenvalue weighted by Crippen LogP contribution is 2.41. The van der Waals surface area contributed by atoms with Crippen molar-refractivity contribution in [3.8, 4) is 16.2 Å². The number of carbonyl (C=O) groups excluding carboxylic acids is 6. The summed E-state index contributed by atoms with van der Waals surface area (Å²) in [4.78, 5) is 90.9. The highest BCUT2D eigenvalue weighted by molar-refractivity contribution is 7.92. The maximum absolute atomic E-state index is 14.8.